The van der Waals surface area contributed by atoms with E-state index in [1.54, 1.807) is 51.4 Å². The Morgan fingerprint density at radius 2 is 1.58 bits per heavy atom. The lowest BCUT2D eigenvalue weighted by molar-refractivity contribution is -0.271. The van der Waals surface area contributed by atoms with Gasteiger partial charge in [0, 0.05) is 36.7 Å². The first-order chi connectivity index (χ1) is 30.1. The first-order valence-corrected chi connectivity index (χ1v) is 21.1. The molecule has 0 bridgehead atoms. The maximum atomic E-state index is 14.2. The molecule has 0 aromatic heterocycles. The van der Waals surface area contributed by atoms with Gasteiger partial charge in [-0.3, -0.25) is 19.7 Å². The van der Waals surface area contributed by atoms with Gasteiger partial charge in [0.2, 0.25) is 24.0 Å². The van der Waals surface area contributed by atoms with E-state index in [1.807, 2.05) is 48.5 Å². The lowest BCUT2D eigenvalue weighted by Gasteiger charge is -2.40. The summed E-state index contributed by atoms with van der Waals surface area (Å²) in [6.45, 7) is 15.6. The molecule has 1 heterocycles. The smallest absolute Gasteiger partial charge is 0.411 e. The third-order valence-corrected chi connectivity index (χ3v) is 11.2. The van der Waals surface area contributed by atoms with Crippen LogP contribution in [0, 0.1) is 18.3 Å². The minimum Gasteiger partial charge on any atom is -0.479 e. The average Bonchev–Trinajstić information content (AvgIpc) is 3.21. The Balaban J connectivity index is 1.82. The van der Waals surface area contributed by atoms with Gasteiger partial charge >= 0.3 is 18.0 Å². The Morgan fingerprint density at radius 3 is 2.14 bits per heavy atom. The molecule has 1 aliphatic heterocycles. The summed E-state index contributed by atoms with van der Waals surface area (Å²) in [7, 11) is 3.20. The Morgan fingerprint density at radius 1 is 0.938 bits per heavy atom. The maximum absolute atomic E-state index is 14.2. The summed E-state index contributed by atoms with van der Waals surface area (Å²) < 4.78 is 16.6. The molecule has 0 saturated carbocycles. The Kier molecular flexibility index (Phi) is 18.6. The predicted octanol–water partition coefficient (Wildman–Crippen LogP) is 2.21. The molecule has 1 fully saturated rings. The van der Waals surface area contributed by atoms with E-state index >= 15 is 0 Å². The lowest BCUT2D eigenvalue weighted by Crippen LogP contribution is -2.61. The highest BCUT2D eigenvalue weighted by Gasteiger charge is 2.48. The van der Waals surface area contributed by atoms with Crippen LogP contribution in [-0.2, 0) is 45.5 Å². The summed E-state index contributed by atoms with van der Waals surface area (Å²) in [5.41, 5.74) is 5.66. The minimum absolute atomic E-state index is 0.00612. The highest BCUT2D eigenvalue weighted by atomic mass is 16.7. The fourth-order valence-corrected chi connectivity index (χ4v) is 7.38. The number of rotatable bonds is 19. The lowest BCUT2D eigenvalue weighted by atomic mass is 9.76. The Labute approximate surface area is 378 Å². The van der Waals surface area contributed by atoms with Crippen molar-refractivity contribution in [2.75, 3.05) is 31.3 Å². The van der Waals surface area contributed by atoms with Gasteiger partial charge in [-0.05, 0) is 73.2 Å². The van der Waals surface area contributed by atoms with Crippen molar-refractivity contribution in [3.8, 4) is 5.75 Å². The molecular formula is C45H66N6O14. The van der Waals surface area contributed by atoms with Gasteiger partial charge in [-0.2, -0.15) is 0 Å². The zero-order chi connectivity index (χ0) is 49.3. The predicted molar refractivity (Wildman–Crippen MR) is 239 cm³/mol. The number of likely N-dealkylation sites (N-methyl/N-ethyl adjacent to an activating group) is 2. The minimum atomic E-state index is -1.95. The van der Waals surface area contributed by atoms with Gasteiger partial charge in [0.1, 0.15) is 36.7 Å². The molecule has 4 amide bonds. The first-order valence-electron chi connectivity index (χ1n) is 21.1. The van der Waals surface area contributed by atoms with Crippen molar-refractivity contribution in [1.82, 2.24) is 15.5 Å². The van der Waals surface area contributed by atoms with Gasteiger partial charge in [-0.25, -0.2) is 14.4 Å². The standard InChI is InChI=1S/C45H66N6O14/c1-22(2)29(18-24(4)40(58)59)51(11)39(57)37(44(5,6)7)50-38(56)36(47-10)45(8,9)26-13-12-14-27(20-26)48-43(62)63-21-25-17-23(3)34(28(19-25)49-30(52)15-16-46)64-42-33(55)31(53)32(54)35(65-42)41(60)61/h12-14,17-20,22,29,31-33,35-37,42,47,53-55H,15-16,21,46H2,1-11H3,(H,48,62)(H,49,52)(H,50,56)(H,58,59)(H,60,61)/b24-18+/t29-,31?,32?,33?,35?,36-,37-,42?/m1/s1. The van der Waals surface area contributed by atoms with Crippen LogP contribution in [0.1, 0.15) is 78.5 Å². The van der Waals surface area contributed by atoms with Crippen LogP contribution in [0.5, 0.6) is 5.75 Å². The summed E-state index contributed by atoms with van der Waals surface area (Å²) in [6, 6.07) is 7.30. The number of carboxylic acids is 2. The zero-order valence-corrected chi connectivity index (χ0v) is 38.8. The number of anilines is 2. The van der Waals surface area contributed by atoms with Crippen LogP contribution in [0.3, 0.4) is 0 Å². The topological polar surface area (TPSA) is 309 Å². The highest BCUT2D eigenvalue weighted by Crippen LogP contribution is 2.35. The first kappa shape index (κ1) is 53.7. The van der Waals surface area contributed by atoms with Crippen molar-refractivity contribution in [2.24, 2.45) is 17.1 Å². The largest absolute Gasteiger partial charge is 0.479 e. The second kappa shape index (κ2) is 22.5. The van der Waals surface area contributed by atoms with Crippen LogP contribution < -0.4 is 31.7 Å². The molecule has 1 aliphatic rings. The second-order valence-corrected chi connectivity index (χ2v) is 18.1. The quantitative estimate of drug-likeness (QED) is 0.0904. The third-order valence-electron chi connectivity index (χ3n) is 11.2. The molecule has 3 rings (SSSR count). The zero-order valence-electron chi connectivity index (χ0n) is 38.8. The Hall–Kier alpha value is -5.64. The molecule has 2 aromatic carbocycles. The fraction of sp³-hybridized carbons (Fsp3) is 0.556. The number of nitrogens with two attached hydrogens (primary N) is 1. The number of aliphatic hydroxyl groups is 3. The number of carbonyl (C=O) groups is 6. The number of amides is 4. The molecule has 1 saturated heterocycles. The molecule has 0 aliphatic carbocycles. The van der Waals surface area contributed by atoms with Crippen molar-refractivity contribution < 1.29 is 68.5 Å². The van der Waals surface area contributed by atoms with E-state index in [1.165, 1.54) is 24.0 Å². The number of benzene rings is 2. The molecule has 8 atom stereocenters. The summed E-state index contributed by atoms with van der Waals surface area (Å²) in [6.07, 6.45) is -8.88. The number of nitrogens with zero attached hydrogens (tertiary/aromatic N) is 1. The van der Waals surface area contributed by atoms with Crippen molar-refractivity contribution >= 4 is 47.1 Å². The van der Waals surface area contributed by atoms with Gasteiger partial charge in [0.05, 0.1) is 17.8 Å². The van der Waals surface area contributed by atoms with Crippen LogP contribution in [0.2, 0.25) is 0 Å². The number of aryl methyl sites for hydroxylation is 1. The highest BCUT2D eigenvalue weighted by molar-refractivity contribution is 5.93. The number of aliphatic carboxylic acids is 2. The van der Waals surface area contributed by atoms with E-state index in [9.17, 15) is 54.3 Å². The number of carbonyl (C=O) groups excluding carboxylic acids is 4. The van der Waals surface area contributed by atoms with E-state index in [-0.39, 0.29) is 42.5 Å². The average molecular weight is 915 g/mol. The van der Waals surface area contributed by atoms with Gasteiger partial charge in [0.15, 0.2) is 6.10 Å². The maximum Gasteiger partial charge on any atom is 0.411 e. The van der Waals surface area contributed by atoms with Gasteiger partial charge in [0.25, 0.3) is 0 Å². The monoisotopic (exact) mass is 914 g/mol. The Bertz CT molecular complexity index is 2090. The molecule has 65 heavy (non-hydrogen) atoms. The van der Waals surface area contributed by atoms with E-state index in [0.29, 0.717) is 22.4 Å². The molecule has 2 aromatic rings. The van der Waals surface area contributed by atoms with E-state index in [0.717, 1.165) is 0 Å². The molecule has 20 nitrogen and oxygen atoms in total. The summed E-state index contributed by atoms with van der Waals surface area (Å²) in [5, 5.41) is 61.2. The summed E-state index contributed by atoms with van der Waals surface area (Å²) >= 11 is 0. The van der Waals surface area contributed by atoms with E-state index in [4.69, 9.17) is 19.9 Å². The molecule has 5 unspecified atom stereocenters. The van der Waals surface area contributed by atoms with Crippen LogP contribution in [0.15, 0.2) is 48.0 Å². The summed E-state index contributed by atoms with van der Waals surface area (Å²) in [4.78, 5) is 78.8. The van der Waals surface area contributed by atoms with E-state index < -0.39 is 95.4 Å². The van der Waals surface area contributed by atoms with Crippen molar-refractivity contribution in [2.45, 2.75) is 130 Å². The normalized spacial score (nSPS) is 20.5. The van der Waals surface area contributed by atoms with Crippen molar-refractivity contribution in [3.05, 3.63) is 64.7 Å². The third kappa shape index (κ3) is 13.7. The second-order valence-electron chi connectivity index (χ2n) is 18.1. The molecule has 360 valence electrons. The van der Waals surface area contributed by atoms with Crippen LogP contribution in [0.4, 0.5) is 16.2 Å². The van der Waals surface area contributed by atoms with Crippen LogP contribution >= 0.6 is 0 Å². The fourth-order valence-electron chi connectivity index (χ4n) is 7.38. The number of ether oxygens (including phenoxy) is 3. The van der Waals surface area contributed by atoms with Crippen LogP contribution in [-0.4, -0.2) is 136 Å². The van der Waals surface area contributed by atoms with Crippen molar-refractivity contribution in [1.29, 1.82) is 0 Å². The number of nitrogens with one attached hydrogen (secondary N) is 4. The number of hydrogen-bond acceptors (Lipinski definition) is 14. The van der Waals surface area contributed by atoms with E-state index in [2.05, 4.69) is 21.3 Å². The number of aliphatic hydroxyl groups excluding tert-OH is 3. The SMILES string of the molecule is CN[C@H](C(=O)N[C@H](C(=O)N(C)[C@H](/C=C(\C)C(=O)O)C(C)C)C(C)(C)C)C(C)(C)c1cccc(NC(=O)OCc2cc(C)c(OC3OC(C(=O)O)C(O)C(O)C3O)c(NC(=O)CCN)c2)c1. The molecular weight excluding hydrogens is 849 g/mol. The summed E-state index contributed by atoms with van der Waals surface area (Å²) in [5.74, 6) is -4.29. The van der Waals surface area contributed by atoms with Crippen molar-refractivity contribution in [3.63, 3.8) is 0 Å². The van der Waals surface area contributed by atoms with Crippen LogP contribution in [0.25, 0.3) is 0 Å². The molecule has 11 N–H and O–H groups in total. The van der Waals surface area contributed by atoms with Gasteiger partial charge in [-0.15, -0.1) is 0 Å². The number of hydrogen-bond donors (Lipinski definition) is 10. The van der Waals surface area contributed by atoms with Gasteiger partial charge < -0.3 is 66.3 Å². The number of carboxylic acid groups (broad SMARTS) is 2. The molecule has 20 heteroatoms. The molecule has 0 radical (unpaired) electrons. The van der Waals surface area contributed by atoms with Gasteiger partial charge in [-0.1, -0.05) is 66.7 Å². The molecule has 0 spiro atoms.